The first-order valence-corrected chi connectivity index (χ1v) is 5.55. The summed E-state index contributed by atoms with van der Waals surface area (Å²) in [6.07, 6.45) is 1.04. The molecule has 0 aliphatic rings. The van der Waals surface area contributed by atoms with Crippen molar-refractivity contribution >= 4 is 11.6 Å². The van der Waals surface area contributed by atoms with Gasteiger partial charge in [0.15, 0.2) is 0 Å². The van der Waals surface area contributed by atoms with Gasteiger partial charge in [0.2, 0.25) is 0 Å². The van der Waals surface area contributed by atoms with Crippen molar-refractivity contribution in [2.24, 2.45) is 0 Å². The summed E-state index contributed by atoms with van der Waals surface area (Å²) in [5, 5.41) is 0.692. The molecular weight excluding hydrogens is 206 g/mol. The van der Waals surface area contributed by atoms with Gasteiger partial charge in [-0.2, -0.15) is 0 Å². The molecule has 82 valence electrons. The number of likely N-dealkylation sites (N-methyl/N-ethyl adjacent to an activating group) is 1. The molecular formula is C13H18ClN. The Bertz CT molecular complexity index is 308. The molecule has 0 saturated carbocycles. The standard InChI is InChI=1S/C13H18ClN/c1-11(14)10-15(3)12(2)9-13-7-5-4-6-8-13/h4-8,12H,1,9-10H2,2-3H3/t12-/m1/s1. The molecule has 0 amide bonds. The summed E-state index contributed by atoms with van der Waals surface area (Å²) in [4.78, 5) is 2.21. The summed E-state index contributed by atoms with van der Waals surface area (Å²) in [5.41, 5.74) is 1.36. The molecule has 1 atom stereocenters. The van der Waals surface area contributed by atoms with E-state index < -0.39 is 0 Å². The van der Waals surface area contributed by atoms with Gasteiger partial charge in [-0.05, 0) is 26.0 Å². The molecule has 0 heterocycles. The summed E-state index contributed by atoms with van der Waals surface area (Å²) in [6.45, 7) is 6.66. The predicted octanol–water partition coefficient (Wildman–Crippen LogP) is 3.30. The second kappa shape index (κ2) is 5.94. The van der Waals surface area contributed by atoms with Crippen LogP contribution >= 0.6 is 11.6 Å². The average molecular weight is 224 g/mol. The minimum absolute atomic E-state index is 0.475. The van der Waals surface area contributed by atoms with Gasteiger partial charge in [0.05, 0.1) is 0 Å². The fourth-order valence-corrected chi connectivity index (χ4v) is 1.73. The highest BCUT2D eigenvalue weighted by Gasteiger charge is 2.09. The summed E-state index contributed by atoms with van der Waals surface area (Å²) in [5.74, 6) is 0. The molecule has 1 aromatic rings. The van der Waals surface area contributed by atoms with Crippen molar-refractivity contribution in [2.75, 3.05) is 13.6 Å². The Labute approximate surface area is 97.4 Å². The lowest BCUT2D eigenvalue weighted by atomic mass is 10.1. The highest BCUT2D eigenvalue weighted by molar-refractivity contribution is 6.29. The van der Waals surface area contributed by atoms with Crippen LogP contribution in [-0.4, -0.2) is 24.5 Å². The van der Waals surface area contributed by atoms with E-state index in [2.05, 4.69) is 49.7 Å². The zero-order chi connectivity index (χ0) is 11.3. The fraction of sp³-hybridized carbons (Fsp3) is 0.385. The van der Waals surface area contributed by atoms with Crippen molar-refractivity contribution in [2.45, 2.75) is 19.4 Å². The van der Waals surface area contributed by atoms with E-state index in [9.17, 15) is 0 Å². The van der Waals surface area contributed by atoms with Crippen LogP contribution in [0.1, 0.15) is 12.5 Å². The van der Waals surface area contributed by atoms with Crippen molar-refractivity contribution in [3.8, 4) is 0 Å². The molecule has 0 N–H and O–H groups in total. The molecule has 0 spiro atoms. The third-order valence-electron chi connectivity index (χ3n) is 2.55. The van der Waals surface area contributed by atoms with E-state index in [0.717, 1.165) is 13.0 Å². The van der Waals surface area contributed by atoms with Gasteiger partial charge in [0.1, 0.15) is 0 Å². The van der Waals surface area contributed by atoms with Crippen LogP contribution in [-0.2, 0) is 6.42 Å². The lowest BCUT2D eigenvalue weighted by Crippen LogP contribution is -2.31. The van der Waals surface area contributed by atoms with Crippen LogP contribution in [0.5, 0.6) is 0 Å². The van der Waals surface area contributed by atoms with Crippen LogP contribution in [0.2, 0.25) is 0 Å². The van der Waals surface area contributed by atoms with Gasteiger partial charge in [-0.25, -0.2) is 0 Å². The second-order valence-electron chi connectivity index (χ2n) is 3.97. The van der Waals surface area contributed by atoms with Crippen LogP contribution in [0, 0.1) is 0 Å². The SMILES string of the molecule is C=C(Cl)CN(C)[C@H](C)Cc1ccccc1. The van der Waals surface area contributed by atoms with E-state index in [-0.39, 0.29) is 0 Å². The van der Waals surface area contributed by atoms with Gasteiger partial charge in [-0.3, -0.25) is 4.90 Å². The monoisotopic (exact) mass is 223 g/mol. The first-order valence-electron chi connectivity index (χ1n) is 5.17. The van der Waals surface area contributed by atoms with Crippen LogP contribution in [0.3, 0.4) is 0 Å². The van der Waals surface area contributed by atoms with Gasteiger partial charge in [0, 0.05) is 17.6 Å². The van der Waals surface area contributed by atoms with E-state index in [4.69, 9.17) is 11.6 Å². The highest BCUT2D eigenvalue weighted by atomic mass is 35.5. The van der Waals surface area contributed by atoms with E-state index in [1.807, 2.05) is 6.07 Å². The van der Waals surface area contributed by atoms with Crippen molar-refractivity contribution < 1.29 is 0 Å². The first-order chi connectivity index (χ1) is 7.09. The molecule has 0 radical (unpaired) electrons. The van der Waals surface area contributed by atoms with Crippen molar-refractivity contribution in [3.05, 3.63) is 47.5 Å². The molecule has 0 aliphatic heterocycles. The molecule has 0 saturated heterocycles. The predicted molar refractivity (Wildman–Crippen MR) is 67.2 cm³/mol. The second-order valence-corrected chi connectivity index (χ2v) is 4.51. The molecule has 0 bridgehead atoms. The highest BCUT2D eigenvalue weighted by Crippen LogP contribution is 2.09. The van der Waals surface area contributed by atoms with Crippen LogP contribution < -0.4 is 0 Å². The largest absolute Gasteiger partial charge is 0.298 e. The summed E-state index contributed by atoms with van der Waals surface area (Å²) in [7, 11) is 2.07. The smallest absolute Gasteiger partial charge is 0.0335 e. The fourth-order valence-electron chi connectivity index (χ4n) is 1.54. The maximum atomic E-state index is 5.78. The topological polar surface area (TPSA) is 3.24 Å². The maximum absolute atomic E-state index is 5.78. The van der Waals surface area contributed by atoms with E-state index in [1.165, 1.54) is 5.56 Å². The minimum Gasteiger partial charge on any atom is -0.298 e. The molecule has 2 heteroatoms. The quantitative estimate of drug-likeness (QED) is 0.741. The lowest BCUT2D eigenvalue weighted by molar-refractivity contribution is 0.281. The Hall–Kier alpha value is -0.790. The Kier molecular flexibility index (Phi) is 4.86. The average Bonchev–Trinajstić information content (AvgIpc) is 2.18. The van der Waals surface area contributed by atoms with Crippen molar-refractivity contribution in [1.29, 1.82) is 0 Å². The molecule has 0 aromatic heterocycles. The Morgan fingerprint density at radius 3 is 2.53 bits per heavy atom. The van der Waals surface area contributed by atoms with Crippen LogP contribution in [0.25, 0.3) is 0 Å². The molecule has 1 aromatic carbocycles. The number of benzene rings is 1. The third-order valence-corrected chi connectivity index (χ3v) is 2.67. The summed E-state index contributed by atoms with van der Waals surface area (Å²) in [6, 6.07) is 11.0. The Morgan fingerprint density at radius 1 is 1.40 bits per heavy atom. The Balaban J connectivity index is 2.48. The number of nitrogens with zero attached hydrogens (tertiary/aromatic N) is 1. The van der Waals surface area contributed by atoms with Gasteiger partial charge >= 0.3 is 0 Å². The molecule has 1 rings (SSSR count). The summed E-state index contributed by atoms with van der Waals surface area (Å²) < 4.78 is 0. The molecule has 0 fully saturated rings. The maximum Gasteiger partial charge on any atom is 0.0335 e. The minimum atomic E-state index is 0.475. The molecule has 0 unspecified atom stereocenters. The van der Waals surface area contributed by atoms with E-state index in [0.29, 0.717) is 11.1 Å². The Morgan fingerprint density at radius 2 is 2.00 bits per heavy atom. The molecule has 0 aliphatic carbocycles. The van der Waals surface area contributed by atoms with Gasteiger partial charge in [0.25, 0.3) is 0 Å². The molecule has 1 nitrogen and oxygen atoms in total. The number of hydrogen-bond donors (Lipinski definition) is 0. The van der Waals surface area contributed by atoms with E-state index >= 15 is 0 Å². The summed E-state index contributed by atoms with van der Waals surface area (Å²) >= 11 is 5.78. The normalized spacial score (nSPS) is 12.8. The zero-order valence-electron chi connectivity index (χ0n) is 9.41. The van der Waals surface area contributed by atoms with E-state index in [1.54, 1.807) is 0 Å². The number of rotatable bonds is 5. The first kappa shape index (κ1) is 12.3. The van der Waals surface area contributed by atoms with Gasteiger partial charge < -0.3 is 0 Å². The zero-order valence-corrected chi connectivity index (χ0v) is 10.2. The molecule has 15 heavy (non-hydrogen) atoms. The van der Waals surface area contributed by atoms with Gasteiger partial charge in [-0.15, -0.1) is 0 Å². The number of halogens is 1. The van der Waals surface area contributed by atoms with Crippen molar-refractivity contribution in [3.63, 3.8) is 0 Å². The number of hydrogen-bond acceptors (Lipinski definition) is 1. The van der Waals surface area contributed by atoms with Crippen molar-refractivity contribution in [1.82, 2.24) is 4.90 Å². The van der Waals surface area contributed by atoms with Gasteiger partial charge in [-0.1, -0.05) is 48.5 Å². The van der Waals surface area contributed by atoms with Crippen LogP contribution in [0.4, 0.5) is 0 Å². The third kappa shape index (κ3) is 4.50. The lowest BCUT2D eigenvalue weighted by Gasteiger charge is -2.24. The van der Waals surface area contributed by atoms with Crippen LogP contribution in [0.15, 0.2) is 41.9 Å².